The molecule has 0 atom stereocenters. The van der Waals surface area contributed by atoms with Gasteiger partial charge in [0.2, 0.25) is 0 Å². The van der Waals surface area contributed by atoms with Crippen molar-refractivity contribution in [2.24, 2.45) is 0 Å². The van der Waals surface area contributed by atoms with Crippen LogP contribution in [0.2, 0.25) is 0 Å². The van der Waals surface area contributed by atoms with Crippen LogP contribution in [0, 0.1) is 0 Å². The fourth-order valence-corrected chi connectivity index (χ4v) is 2.77. The zero-order valence-corrected chi connectivity index (χ0v) is 14.8. The minimum absolute atomic E-state index is 0.126. The lowest BCUT2D eigenvalue weighted by atomic mass is 10.1. The highest BCUT2D eigenvalue weighted by Crippen LogP contribution is 2.29. The Hall–Kier alpha value is -2.61. The van der Waals surface area contributed by atoms with E-state index in [0.29, 0.717) is 5.69 Å². The van der Waals surface area contributed by atoms with Crippen molar-refractivity contribution < 1.29 is 26.4 Å². The van der Waals surface area contributed by atoms with Gasteiger partial charge in [0.25, 0.3) is 5.91 Å². The average Bonchev–Trinajstić information content (AvgIpc) is 2.58. The first-order valence-corrected chi connectivity index (χ1v) is 9.31. The predicted molar refractivity (Wildman–Crippen MR) is 93.4 cm³/mol. The number of sulfone groups is 1. The zero-order valence-electron chi connectivity index (χ0n) is 14.0. The van der Waals surface area contributed by atoms with Crippen molar-refractivity contribution in [3.05, 3.63) is 65.7 Å². The maximum Gasteiger partial charge on any atom is 0.416 e. The summed E-state index contributed by atoms with van der Waals surface area (Å²) in [6.45, 7) is 0. The number of nitrogens with zero attached hydrogens (tertiary/aromatic N) is 1. The summed E-state index contributed by atoms with van der Waals surface area (Å²) in [6, 6.07) is 10.3. The van der Waals surface area contributed by atoms with E-state index in [9.17, 15) is 26.4 Å². The Labute approximate surface area is 149 Å². The van der Waals surface area contributed by atoms with Crippen LogP contribution >= 0.6 is 0 Å². The van der Waals surface area contributed by atoms with Crippen LogP contribution in [0.15, 0.2) is 59.5 Å². The molecule has 0 aliphatic heterocycles. The lowest BCUT2D eigenvalue weighted by Gasteiger charge is -2.15. The highest BCUT2D eigenvalue weighted by atomic mass is 32.2. The molecule has 0 unspecified atom stereocenters. The molecule has 0 radical (unpaired) electrons. The summed E-state index contributed by atoms with van der Waals surface area (Å²) in [6.07, 6.45) is -0.931. The molecule has 8 heteroatoms. The number of carbonyl (C=O) groups is 1. The van der Waals surface area contributed by atoms with Crippen LogP contribution in [0.1, 0.15) is 11.1 Å². The van der Waals surface area contributed by atoms with Gasteiger partial charge in [-0.15, -0.1) is 0 Å². The van der Waals surface area contributed by atoms with Gasteiger partial charge in [-0.05, 0) is 48.0 Å². The van der Waals surface area contributed by atoms with Gasteiger partial charge in [-0.1, -0.05) is 12.1 Å². The molecule has 1 amide bonds. The molecule has 0 aliphatic rings. The summed E-state index contributed by atoms with van der Waals surface area (Å²) in [4.78, 5) is 13.6. The molecule has 0 bridgehead atoms. The molecule has 2 aromatic rings. The van der Waals surface area contributed by atoms with Gasteiger partial charge in [0, 0.05) is 25.1 Å². The van der Waals surface area contributed by atoms with Gasteiger partial charge in [0.1, 0.15) is 0 Å². The Kier molecular flexibility index (Phi) is 5.56. The number of carbonyl (C=O) groups excluding carboxylic acids is 1. The van der Waals surface area contributed by atoms with Crippen LogP contribution in [-0.2, 0) is 20.8 Å². The molecule has 0 heterocycles. The molecule has 0 saturated heterocycles. The first-order valence-electron chi connectivity index (χ1n) is 7.41. The minimum Gasteiger partial charge on any atom is -0.312 e. The summed E-state index contributed by atoms with van der Waals surface area (Å²) < 4.78 is 60.9. The van der Waals surface area contributed by atoms with Crippen molar-refractivity contribution in [2.75, 3.05) is 18.2 Å². The molecule has 0 aromatic heterocycles. The molecule has 0 spiro atoms. The molecular weight excluding hydrogens is 367 g/mol. The van der Waals surface area contributed by atoms with Gasteiger partial charge in [0.15, 0.2) is 9.84 Å². The summed E-state index contributed by atoms with van der Waals surface area (Å²) in [5, 5.41) is 0. The molecular formula is C18H16F3NO3S. The Morgan fingerprint density at radius 1 is 1.08 bits per heavy atom. The lowest BCUT2D eigenvalue weighted by Crippen LogP contribution is -2.23. The molecule has 4 nitrogen and oxygen atoms in total. The number of benzene rings is 2. The number of hydrogen-bond donors (Lipinski definition) is 0. The number of amides is 1. The van der Waals surface area contributed by atoms with Gasteiger partial charge in [-0.25, -0.2) is 8.42 Å². The average molecular weight is 383 g/mol. The number of anilines is 1. The van der Waals surface area contributed by atoms with Crippen LogP contribution in [0.5, 0.6) is 0 Å². The van der Waals surface area contributed by atoms with Gasteiger partial charge in [-0.3, -0.25) is 4.79 Å². The quantitative estimate of drug-likeness (QED) is 0.755. The summed E-state index contributed by atoms with van der Waals surface area (Å²) >= 11 is 0. The van der Waals surface area contributed by atoms with E-state index in [1.54, 1.807) is 0 Å². The lowest BCUT2D eigenvalue weighted by molar-refractivity contribution is -0.137. The normalized spacial score (nSPS) is 12.3. The van der Waals surface area contributed by atoms with Crippen molar-refractivity contribution in [1.82, 2.24) is 0 Å². The third-order valence-corrected chi connectivity index (χ3v) is 4.74. The van der Waals surface area contributed by atoms with E-state index in [-0.39, 0.29) is 10.5 Å². The van der Waals surface area contributed by atoms with Crippen molar-refractivity contribution >= 4 is 27.5 Å². The van der Waals surface area contributed by atoms with Crippen molar-refractivity contribution in [1.29, 1.82) is 0 Å². The SMILES string of the molecule is CN(C(=O)/C=C/c1cccc(C(F)(F)F)c1)c1ccc(S(C)(=O)=O)cc1. The largest absolute Gasteiger partial charge is 0.416 e. The van der Waals surface area contributed by atoms with Crippen LogP contribution in [0.3, 0.4) is 0 Å². The topological polar surface area (TPSA) is 54.5 Å². The number of halogens is 3. The zero-order chi connectivity index (χ0) is 19.5. The molecule has 0 aliphatic carbocycles. The van der Waals surface area contributed by atoms with E-state index < -0.39 is 27.5 Å². The third-order valence-electron chi connectivity index (χ3n) is 3.62. The van der Waals surface area contributed by atoms with Gasteiger partial charge in [-0.2, -0.15) is 13.2 Å². The molecule has 0 fully saturated rings. The molecule has 0 saturated carbocycles. The van der Waals surface area contributed by atoms with Gasteiger partial charge in [0.05, 0.1) is 10.5 Å². The van der Waals surface area contributed by atoms with Crippen molar-refractivity contribution in [3.63, 3.8) is 0 Å². The van der Waals surface area contributed by atoms with Gasteiger partial charge < -0.3 is 4.90 Å². The molecule has 138 valence electrons. The van der Waals surface area contributed by atoms with Crippen LogP contribution < -0.4 is 4.90 Å². The molecule has 26 heavy (non-hydrogen) atoms. The first kappa shape index (κ1) is 19.7. The Morgan fingerprint density at radius 2 is 1.69 bits per heavy atom. The third kappa shape index (κ3) is 4.95. The minimum atomic E-state index is -4.45. The van der Waals surface area contributed by atoms with Crippen molar-refractivity contribution in [2.45, 2.75) is 11.1 Å². The highest BCUT2D eigenvalue weighted by molar-refractivity contribution is 7.90. The van der Waals surface area contributed by atoms with E-state index in [1.807, 2.05) is 0 Å². The smallest absolute Gasteiger partial charge is 0.312 e. The molecule has 2 rings (SSSR count). The van der Waals surface area contributed by atoms with E-state index in [0.717, 1.165) is 24.5 Å². The monoisotopic (exact) mass is 383 g/mol. The molecule has 0 N–H and O–H groups in total. The second-order valence-corrected chi connectivity index (χ2v) is 7.64. The maximum atomic E-state index is 12.7. The number of hydrogen-bond acceptors (Lipinski definition) is 3. The van der Waals surface area contributed by atoms with Crippen LogP contribution in [-0.4, -0.2) is 27.6 Å². The van der Waals surface area contributed by atoms with Crippen LogP contribution in [0.4, 0.5) is 18.9 Å². The molecule has 2 aromatic carbocycles. The summed E-state index contributed by atoms with van der Waals surface area (Å²) in [5.74, 6) is -0.463. The fraction of sp³-hybridized carbons (Fsp3) is 0.167. The standard InChI is InChI=1S/C18H16F3NO3S/c1-22(15-7-9-16(10-8-15)26(2,24)25)17(23)11-6-13-4-3-5-14(12-13)18(19,20)21/h3-12H,1-2H3/b11-6+. The van der Waals surface area contributed by atoms with Crippen molar-refractivity contribution in [3.8, 4) is 0 Å². The Balaban J connectivity index is 2.15. The van der Waals surface area contributed by atoms with Crippen LogP contribution in [0.25, 0.3) is 6.08 Å². The fourth-order valence-electron chi connectivity index (χ4n) is 2.14. The number of likely N-dealkylation sites (N-methyl/N-ethyl adjacent to an activating group) is 1. The van der Waals surface area contributed by atoms with E-state index >= 15 is 0 Å². The first-order chi connectivity index (χ1) is 12.0. The van der Waals surface area contributed by atoms with E-state index in [4.69, 9.17) is 0 Å². The second kappa shape index (κ2) is 7.33. The summed E-state index contributed by atoms with van der Waals surface area (Å²) in [5.41, 5.74) is -0.0955. The predicted octanol–water partition coefficient (Wildman–Crippen LogP) is 3.79. The maximum absolute atomic E-state index is 12.7. The number of alkyl halides is 3. The van der Waals surface area contributed by atoms with Gasteiger partial charge >= 0.3 is 6.18 Å². The van der Waals surface area contributed by atoms with E-state index in [2.05, 4.69) is 0 Å². The number of rotatable bonds is 4. The summed E-state index contributed by atoms with van der Waals surface area (Å²) in [7, 11) is -1.86. The Morgan fingerprint density at radius 3 is 2.23 bits per heavy atom. The highest BCUT2D eigenvalue weighted by Gasteiger charge is 2.30. The second-order valence-electron chi connectivity index (χ2n) is 5.62. The Bertz CT molecular complexity index is 933. The van der Waals surface area contributed by atoms with E-state index in [1.165, 1.54) is 54.4 Å².